The van der Waals surface area contributed by atoms with Crippen LogP contribution < -0.4 is 0 Å². The van der Waals surface area contributed by atoms with Crippen molar-refractivity contribution in [2.75, 3.05) is 19.6 Å². The van der Waals surface area contributed by atoms with Gasteiger partial charge in [-0.25, -0.2) is 0 Å². The Balaban J connectivity index is 1.77. The maximum absolute atomic E-state index is 10.1. The summed E-state index contributed by atoms with van der Waals surface area (Å²) >= 11 is 0. The molecule has 1 fully saturated rings. The van der Waals surface area contributed by atoms with Crippen LogP contribution >= 0.6 is 0 Å². The number of benzene rings is 1. The molecule has 1 N–H and O–H groups in total. The van der Waals surface area contributed by atoms with Crippen LogP contribution in [0.5, 0.6) is 0 Å². The van der Waals surface area contributed by atoms with Gasteiger partial charge in [-0.15, -0.1) is 0 Å². The van der Waals surface area contributed by atoms with Gasteiger partial charge in [-0.1, -0.05) is 43.7 Å². The molecule has 0 saturated carbocycles. The molecule has 1 aromatic rings. The van der Waals surface area contributed by atoms with Gasteiger partial charge in [-0.2, -0.15) is 0 Å². The number of aliphatic hydroxyl groups is 1. The van der Waals surface area contributed by atoms with E-state index in [0.29, 0.717) is 0 Å². The average molecular weight is 247 g/mol. The summed E-state index contributed by atoms with van der Waals surface area (Å²) in [6, 6.07) is 10.00. The van der Waals surface area contributed by atoms with E-state index < -0.39 is 0 Å². The molecule has 18 heavy (non-hydrogen) atoms. The van der Waals surface area contributed by atoms with E-state index in [4.69, 9.17) is 0 Å². The highest BCUT2D eigenvalue weighted by Gasteiger charge is 2.19. The molecule has 0 aliphatic carbocycles. The van der Waals surface area contributed by atoms with Gasteiger partial charge < -0.3 is 10.0 Å². The molecule has 2 unspecified atom stereocenters. The third-order valence-electron chi connectivity index (χ3n) is 4.08. The van der Waals surface area contributed by atoms with E-state index in [2.05, 4.69) is 11.8 Å². The SMILES string of the molecule is CCC1CCCN(CCC(O)c2ccccc2)C1. The third-order valence-corrected chi connectivity index (χ3v) is 4.08. The first-order valence-electron chi connectivity index (χ1n) is 7.25. The minimum atomic E-state index is -0.312. The molecule has 100 valence electrons. The second kappa shape index (κ2) is 6.91. The number of nitrogens with zero attached hydrogens (tertiary/aromatic N) is 1. The Morgan fingerprint density at radius 1 is 1.33 bits per heavy atom. The van der Waals surface area contributed by atoms with Crippen molar-refractivity contribution >= 4 is 0 Å². The summed E-state index contributed by atoms with van der Waals surface area (Å²) in [4.78, 5) is 2.52. The number of hydrogen-bond donors (Lipinski definition) is 1. The highest BCUT2D eigenvalue weighted by molar-refractivity contribution is 5.17. The van der Waals surface area contributed by atoms with Crippen molar-refractivity contribution in [2.45, 2.75) is 38.7 Å². The molecule has 2 nitrogen and oxygen atoms in total. The van der Waals surface area contributed by atoms with Crippen LogP contribution in [0.2, 0.25) is 0 Å². The Bertz CT molecular complexity index is 338. The van der Waals surface area contributed by atoms with E-state index in [0.717, 1.165) is 24.4 Å². The molecule has 0 bridgehead atoms. The summed E-state index contributed by atoms with van der Waals surface area (Å²) in [6.45, 7) is 5.73. The van der Waals surface area contributed by atoms with Crippen LogP contribution in [0.4, 0.5) is 0 Å². The van der Waals surface area contributed by atoms with E-state index in [1.807, 2.05) is 30.3 Å². The van der Waals surface area contributed by atoms with Gasteiger partial charge in [0, 0.05) is 13.1 Å². The zero-order valence-corrected chi connectivity index (χ0v) is 11.4. The third kappa shape index (κ3) is 3.82. The van der Waals surface area contributed by atoms with Crippen molar-refractivity contribution < 1.29 is 5.11 Å². The maximum atomic E-state index is 10.1. The highest BCUT2D eigenvalue weighted by Crippen LogP contribution is 2.21. The number of hydrogen-bond acceptors (Lipinski definition) is 2. The molecule has 1 aliphatic heterocycles. The smallest absolute Gasteiger partial charge is 0.0802 e. The minimum absolute atomic E-state index is 0.312. The standard InChI is InChI=1S/C16H25NO/c1-2-14-7-6-11-17(13-14)12-10-16(18)15-8-4-3-5-9-15/h3-5,8-9,14,16,18H,2,6-7,10-13H2,1H3. The molecule has 2 heteroatoms. The second-order valence-electron chi connectivity index (χ2n) is 5.43. The number of piperidine rings is 1. The molecule has 2 atom stereocenters. The summed E-state index contributed by atoms with van der Waals surface area (Å²) in [5, 5.41) is 10.1. The van der Waals surface area contributed by atoms with Gasteiger partial charge in [0.15, 0.2) is 0 Å². The molecule has 0 aromatic heterocycles. The Morgan fingerprint density at radius 3 is 2.83 bits per heavy atom. The van der Waals surface area contributed by atoms with Crippen LogP contribution in [0, 0.1) is 5.92 Å². The molecule has 1 saturated heterocycles. The topological polar surface area (TPSA) is 23.5 Å². The Morgan fingerprint density at radius 2 is 2.11 bits per heavy atom. The fourth-order valence-electron chi connectivity index (χ4n) is 2.83. The van der Waals surface area contributed by atoms with Crippen molar-refractivity contribution in [1.82, 2.24) is 4.90 Å². The summed E-state index contributed by atoms with van der Waals surface area (Å²) in [6.07, 6.45) is 4.53. The molecule has 1 heterocycles. The molecule has 0 amide bonds. The van der Waals surface area contributed by atoms with E-state index >= 15 is 0 Å². The van der Waals surface area contributed by atoms with Gasteiger partial charge in [0.05, 0.1) is 6.10 Å². The van der Waals surface area contributed by atoms with E-state index in [1.165, 1.54) is 32.4 Å². The Kier molecular flexibility index (Phi) is 5.21. The first kappa shape index (κ1) is 13.6. The van der Waals surface area contributed by atoms with Crippen LogP contribution in [-0.2, 0) is 0 Å². The van der Waals surface area contributed by atoms with Gasteiger partial charge in [-0.3, -0.25) is 0 Å². The van der Waals surface area contributed by atoms with Gasteiger partial charge in [0.25, 0.3) is 0 Å². The van der Waals surface area contributed by atoms with E-state index in [-0.39, 0.29) is 6.10 Å². The van der Waals surface area contributed by atoms with E-state index in [9.17, 15) is 5.11 Å². The molecular weight excluding hydrogens is 222 g/mol. The average Bonchev–Trinajstić information content (AvgIpc) is 2.46. The van der Waals surface area contributed by atoms with Crippen molar-refractivity contribution in [2.24, 2.45) is 5.92 Å². The van der Waals surface area contributed by atoms with Gasteiger partial charge >= 0.3 is 0 Å². The zero-order chi connectivity index (χ0) is 12.8. The molecule has 0 radical (unpaired) electrons. The summed E-state index contributed by atoms with van der Waals surface area (Å²) in [5.74, 6) is 0.868. The number of aliphatic hydroxyl groups excluding tert-OH is 1. The lowest BCUT2D eigenvalue weighted by atomic mass is 9.95. The van der Waals surface area contributed by atoms with Crippen molar-refractivity contribution in [3.05, 3.63) is 35.9 Å². The molecule has 1 aromatic carbocycles. The summed E-state index contributed by atoms with van der Waals surface area (Å²) in [5.41, 5.74) is 1.04. The van der Waals surface area contributed by atoms with Crippen molar-refractivity contribution in [1.29, 1.82) is 0 Å². The molecule has 1 aliphatic rings. The minimum Gasteiger partial charge on any atom is -0.388 e. The predicted molar refractivity (Wildman–Crippen MR) is 75.5 cm³/mol. The van der Waals surface area contributed by atoms with E-state index in [1.54, 1.807) is 0 Å². The van der Waals surface area contributed by atoms with Crippen LogP contribution in [0.1, 0.15) is 44.3 Å². The highest BCUT2D eigenvalue weighted by atomic mass is 16.3. The van der Waals surface area contributed by atoms with Crippen molar-refractivity contribution in [3.8, 4) is 0 Å². The van der Waals surface area contributed by atoms with Crippen molar-refractivity contribution in [3.63, 3.8) is 0 Å². The quantitative estimate of drug-likeness (QED) is 0.863. The maximum Gasteiger partial charge on any atom is 0.0802 e. The lowest BCUT2D eigenvalue weighted by Crippen LogP contribution is -2.36. The number of likely N-dealkylation sites (tertiary alicyclic amines) is 1. The molecule has 2 rings (SSSR count). The Hall–Kier alpha value is -0.860. The first-order valence-corrected chi connectivity index (χ1v) is 7.25. The first-order chi connectivity index (χ1) is 8.79. The lowest BCUT2D eigenvalue weighted by molar-refractivity contribution is 0.118. The largest absolute Gasteiger partial charge is 0.388 e. The summed E-state index contributed by atoms with van der Waals surface area (Å²) < 4.78 is 0. The zero-order valence-electron chi connectivity index (χ0n) is 11.4. The van der Waals surface area contributed by atoms with Gasteiger partial charge in [0.2, 0.25) is 0 Å². The summed E-state index contributed by atoms with van der Waals surface area (Å²) in [7, 11) is 0. The predicted octanol–water partition coefficient (Wildman–Crippen LogP) is 3.23. The van der Waals surface area contributed by atoms with Gasteiger partial charge in [-0.05, 0) is 37.3 Å². The fourth-order valence-corrected chi connectivity index (χ4v) is 2.83. The van der Waals surface area contributed by atoms with Crippen LogP contribution in [0.3, 0.4) is 0 Å². The Labute approximate surface area is 111 Å². The monoisotopic (exact) mass is 247 g/mol. The molecular formula is C16H25NO. The number of rotatable bonds is 5. The lowest BCUT2D eigenvalue weighted by Gasteiger charge is -2.32. The van der Waals surface area contributed by atoms with Crippen LogP contribution in [0.25, 0.3) is 0 Å². The fraction of sp³-hybridized carbons (Fsp3) is 0.625. The molecule has 0 spiro atoms. The second-order valence-corrected chi connectivity index (χ2v) is 5.43. The normalized spacial score (nSPS) is 22.9. The van der Waals surface area contributed by atoms with Crippen LogP contribution in [-0.4, -0.2) is 29.6 Å². The van der Waals surface area contributed by atoms with Gasteiger partial charge in [0.1, 0.15) is 0 Å². The van der Waals surface area contributed by atoms with Crippen LogP contribution in [0.15, 0.2) is 30.3 Å².